The van der Waals surface area contributed by atoms with Crippen LogP contribution in [0, 0.1) is 0 Å². The van der Waals surface area contributed by atoms with Crippen LogP contribution in [0.3, 0.4) is 0 Å². The van der Waals surface area contributed by atoms with Gasteiger partial charge < -0.3 is 33.8 Å². The molecule has 0 aliphatic carbocycles. The molecule has 0 saturated heterocycles. The standard InChI is InChI=1S/C87H134O17P2/c1-5-9-13-17-21-25-29-33-36-38-40-42-45-49-52-56-60-64-68-72-85(90)98-78-83(104-87(92)74-70-66-62-58-54-50-46-43-41-39-37-34-30-26-22-18-14-10-6-2)80-102-106(95,96)100-76-81(88)75-99-105(93,94)101-79-82(103-86(91)73-69-65-61-57-53-47-32-28-24-20-16-12-8-4)77-97-84(89)71-67-63-59-55-51-48-44-35-31-27-23-19-15-11-7-3/h9-11,13-16,20-23,25-28,32-37,40-44,49-52,54-55,60,63-64,67,81-83,88H,5-8,12,17-19,24,29-31,38-39,45-48,53,56-59,61-62,65-66,68-80H2,1-4H3,(H,93,94)(H,95,96)/b13-9-,14-10-,15-11-,20-16-,25-21-,26-22-,27-23-,32-28-,36-33-,37-34-,42-40-,43-41-,44-35-,52-49-,54-50-,55-51-,64-60-,67-63-. The molecule has 0 aliphatic heterocycles. The third-order valence-electron chi connectivity index (χ3n) is 14.9. The first kappa shape index (κ1) is 99.4. The van der Waals surface area contributed by atoms with E-state index in [4.69, 9.17) is 37.0 Å². The van der Waals surface area contributed by atoms with Crippen molar-refractivity contribution in [3.63, 3.8) is 0 Å². The number of carbonyl (C=O) groups excluding carboxylic acids is 4. The first-order valence-electron chi connectivity index (χ1n) is 39.0. The number of phosphoric ester groups is 2. The maximum absolute atomic E-state index is 13.1. The molecule has 19 heteroatoms. The van der Waals surface area contributed by atoms with Crippen molar-refractivity contribution >= 4 is 39.5 Å². The van der Waals surface area contributed by atoms with E-state index in [1.807, 2.05) is 36.5 Å². The van der Waals surface area contributed by atoms with Crippen molar-refractivity contribution in [2.24, 2.45) is 0 Å². The van der Waals surface area contributed by atoms with Gasteiger partial charge in [-0.15, -0.1) is 0 Å². The molecule has 0 bridgehead atoms. The van der Waals surface area contributed by atoms with Gasteiger partial charge in [-0.3, -0.25) is 37.3 Å². The van der Waals surface area contributed by atoms with Gasteiger partial charge in [-0.25, -0.2) is 9.13 Å². The molecule has 0 aromatic rings. The molecule has 17 nitrogen and oxygen atoms in total. The summed E-state index contributed by atoms with van der Waals surface area (Å²) in [5.74, 6) is -2.51. The normalized spacial score (nSPS) is 15.0. The SMILES string of the molecule is CC/C=C\C/C=C\C/C=C\C/C=C\C/C=C\C/C=C\CCC(=O)OCC(COP(=O)(O)OCC(O)COP(=O)(O)OCC(COC(=O)C/C=C\C/C=C\C/C=C\C/C=C\C/C=C\CC)OC(=O)CCCCCCC/C=C\C/C=C\CCC)OC(=O)CCCCC/C=C\C/C=C\C/C=C\C/C=C\C/C=C\CC. The van der Waals surface area contributed by atoms with Crippen LogP contribution in [0.25, 0.3) is 0 Å². The van der Waals surface area contributed by atoms with Crippen molar-refractivity contribution in [2.45, 2.75) is 264 Å². The van der Waals surface area contributed by atoms with E-state index in [-0.39, 0.29) is 25.7 Å². The first-order valence-corrected chi connectivity index (χ1v) is 42.0. The van der Waals surface area contributed by atoms with E-state index >= 15 is 0 Å². The lowest BCUT2D eigenvalue weighted by Crippen LogP contribution is -2.30. The topological polar surface area (TPSA) is 237 Å². The van der Waals surface area contributed by atoms with E-state index in [9.17, 15) is 43.2 Å². The molecule has 106 heavy (non-hydrogen) atoms. The predicted molar refractivity (Wildman–Crippen MR) is 435 cm³/mol. The largest absolute Gasteiger partial charge is 0.472 e. The number of carbonyl (C=O) groups is 4. The lowest BCUT2D eigenvalue weighted by molar-refractivity contribution is -0.161. The zero-order valence-electron chi connectivity index (χ0n) is 64.8. The molecule has 0 amide bonds. The molecule has 3 N–H and O–H groups in total. The van der Waals surface area contributed by atoms with Crippen LogP contribution in [-0.4, -0.2) is 96.7 Å². The summed E-state index contributed by atoms with van der Waals surface area (Å²) in [5, 5.41) is 10.6. The minimum atomic E-state index is -5.02. The Morgan fingerprint density at radius 2 is 0.547 bits per heavy atom. The van der Waals surface area contributed by atoms with Crippen LogP contribution in [0.2, 0.25) is 0 Å². The summed E-state index contributed by atoms with van der Waals surface area (Å²) in [6.07, 6.45) is 96.9. The Hall–Kier alpha value is -6.62. The van der Waals surface area contributed by atoms with E-state index in [1.165, 1.54) is 0 Å². The minimum Gasteiger partial charge on any atom is -0.462 e. The monoisotopic (exact) mass is 1510 g/mol. The molecule has 0 heterocycles. The van der Waals surface area contributed by atoms with Gasteiger partial charge in [-0.2, -0.15) is 0 Å². The van der Waals surface area contributed by atoms with Gasteiger partial charge in [-0.1, -0.05) is 279 Å². The van der Waals surface area contributed by atoms with Gasteiger partial charge in [0, 0.05) is 19.3 Å². The summed E-state index contributed by atoms with van der Waals surface area (Å²) in [6, 6.07) is 0. The minimum absolute atomic E-state index is 0.0164. The van der Waals surface area contributed by atoms with Crippen molar-refractivity contribution in [2.75, 3.05) is 39.6 Å². The highest BCUT2D eigenvalue weighted by molar-refractivity contribution is 7.47. The first-order chi connectivity index (χ1) is 51.7. The van der Waals surface area contributed by atoms with Crippen molar-refractivity contribution in [3.8, 4) is 0 Å². The second-order valence-electron chi connectivity index (χ2n) is 24.8. The van der Waals surface area contributed by atoms with Crippen LogP contribution < -0.4 is 0 Å². The zero-order chi connectivity index (χ0) is 77.4. The summed E-state index contributed by atoms with van der Waals surface area (Å²) in [7, 11) is -10.0. The molecule has 0 radical (unpaired) electrons. The number of hydrogen-bond acceptors (Lipinski definition) is 15. The zero-order valence-corrected chi connectivity index (χ0v) is 66.5. The number of hydrogen-bond donors (Lipinski definition) is 3. The lowest BCUT2D eigenvalue weighted by Gasteiger charge is -2.21. The number of ether oxygens (including phenoxy) is 4. The number of aliphatic hydroxyl groups is 1. The molecule has 0 aromatic carbocycles. The molecule has 0 rings (SSSR count). The van der Waals surface area contributed by atoms with Crippen molar-refractivity contribution in [1.82, 2.24) is 0 Å². The Labute approximate surface area is 639 Å². The maximum atomic E-state index is 13.1. The molecule has 5 atom stereocenters. The Morgan fingerprint density at radius 1 is 0.283 bits per heavy atom. The molecule has 594 valence electrons. The Morgan fingerprint density at radius 3 is 0.887 bits per heavy atom. The maximum Gasteiger partial charge on any atom is 0.472 e. The fourth-order valence-corrected chi connectivity index (χ4v) is 10.7. The second kappa shape index (κ2) is 76.6. The Kier molecular flexibility index (Phi) is 71.8. The second-order valence-corrected chi connectivity index (χ2v) is 27.7. The van der Waals surface area contributed by atoms with Gasteiger partial charge in [0.2, 0.25) is 0 Å². The Balaban J connectivity index is 5.57. The summed E-state index contributed by atoms with van der Waals surface area (Å²) in [6.45, 7) is 4.15. The van der Waals surface area contributed by atoms with E-state index in [1.54, 1.807) is 6.08 Å². The summed E-state index contributed by atoms with van der Waals surface area (Å²) in [5.41, 5.74) is 0. The van der Waals surface area contributed by atoms with Crippen molar-refractivity contribution < 1.29 is 80.2 Å². The third-order valence-corrected chi connectivity index (χ3v) is 16.8. The third kappa shape index (κ3) is 75.6. The van der Waals surface area contributed by atoms with Gasteiger partial charge in [0.1, 0.15) is 19.3 Å². The van der Waals surface area contributed by atoms with Crippen LogP contribution in [0.1, 0.15) is 246 Å². The highest BCUT2D eigenvalue weighted by Crippen LogP contribution is 2.45. The number of allylic oxidation sites excluding steroid dienone is 35. The van der Waals surface area contributed by atoms with E-state index in [2.05, 4.69) is 204 Å². The average molecular weight is 1510 g/mol. The number of unbranched alkanes of at least 4 members (excludes halogenated alkanes) is 9. The average Bonchev–Trinajstić information content (AvgIpc) is 0.903. The van der Waals surface area contributed by atoms with Crippen LogP contribution in [0.15, 0.2) is 219 Å². The number of rotatable bonds is 70. The predicted octanol–water partition coefficient (Wildman–Crippen LogP) is 22.9. The van der Waals surface area contributed by atoms with Gasteiger partial charge in [0.15, 0.2) is 12.2 Å². The molecular formula is C87H134O17P2. The molecular weight excluding hydrogens is 1380 g/mol. The molecule has 0 fully saturated rings. The van der Waals surface area contributed by atoms with Gasteiger partial charge in [0.25, 0.3) is 0 Å². The quantitative estimate of drug-likeness (QED) is 0.0169. The highest BCUT2D eigenvalue weighted by Gasteiger charge is 2.30. The van der Waals surface area contributed by atoms with E-state index in [0.29, 0.717) is 32.1 Å². The van der Waals surface area contributed by atoms with Crippen LogP contribution in [0.5, 0.6) is 0 Å². The molecule has 5 unspecified atom stereocenters. The van der Waals surface area contributed by atoms with Gasteiger partial charge in [-0.05, 0) is 161 Å². The summed E-state index contributed by atoms with van der Waals surface area (Å²) >= 11 is 0. The fourth-order valence-electron chi connectivity index (χ4n) is 9.15. The number of aliphatic hydroxyl groups excluding tert-OH is 1. The number of phosphoric acid groups is 2. The molecule has 0 saturated carbocycles. The summed E-state index contributed by atoms with van der Waals surface area (Å²) < 4.78 is 68.3. The van der Waals surface area contributed by atoms with Crippen LogP contribution in [0.4, 0.5) is 0 Å². The molecule has 0 aromatic heterocycles. The van der Waals surface area contributed by atoms with Crippen LogP contribution in [-0.2, 0) is 65.4 Å². The van der Waals surface area contributed by atoms with E-state index in [0.717, 1.165) is 161 Å². The molecule has 0 spiro atoms. The van der Waals surface area contributed by atoms with Gasteiger partial charge in [0.05, 0.1) is 32.8 Å². The highest BCUT2D eigenvalue weighted by atomic mass is 31.2. The Bertz CT molecular complexity index is 2880. The molecule has 0 aliphatic rings. The van der Waals surface area contributed by atoms with E-state index < -0.39 is 97.5 Å². The summed E-state index contributed by atoms with van der Waals surface area (Å²) in [4.78, 5) is 72.9. The van der Waals surface area contributed by atoms with Gasteiger partial charge >= 0.3 is 39.5 Å². The van der Waals surface area contributed by atoms with Crippen molar-refractivity contribution in [3.05, 3.63) is 219 Å². The smallest absolute Gasteiger partial charge is 0.462 e. The van der Waals surface area contributed by atoms with Crippen molar-refractivity contribution in [1.29, 1.82) is 0 Å². The fraction of sp³-hybridized carbons (Fsp3) is 0.540. The lowest BCUT2D eigenvalue weighted by atomic mass is 10.1. The number of esters is 4. The van der Waals surface area contributed by atoms with Crippen LogP contribution >= 0.6 is 15.6 Å².